The molecule has 1 aliphatic heterocycles. The maximum atomic E-state index is 13.1. The Morgan fingerprint density at radius 3 is 2.71 bits per heavy atom. The molecule has 8 heteroatoms. The number of para-hydroxylation sites is 1. The zero-order valence-corrected chi connectivity index (χ0v) is 19.4. The van der Waals surface area contributed by atoms with Gasteiger partial charge in [-0.2, -0.15) is 0 Å². The van der Waals surface area contributed by atoms with Crippen molar-refractivity contribution >= 4 is 23.1 Å². The Morgan fingerprint density at radius 2 is 1.89 bits per heavy atom. The van der Waals surface area contributed by atoms with E-state index in [0.717, 1.165) is 16.9 Å². The van der Waals surface area contributed by atoms with Crippen molar-refractivity contribution in [1.29, 1.82) is 0 Å². The van der Waals surface area contributed by atoms with Crippen LogP contribution in [0.1, 0.15) is 32.0 Å². The van der Waals surface area contributed by atoms with Crippen molar-refractivity contribution in [2.75, 3.05) is 31.6 Å². The van der Waals surface area contributed by atoms with Crippen molar-refractivity contribution in [2.45, 2.75) is 13.5 Å². The summed E-state index contributed by atoms with van der Waals surface area (Å²) in [5, 5.41) is 2.89. The van der Waals surface area contributed by atoms with Gasteiger partial charge in [0.25, 0.3) is 11.8 Å². The molecule has 3 heterocycles. The number of pyridine rings is 1. The van der Waals surface area contributed by atoms with Crippen LogP contribution in [0, 0.1) is 6.92 Å². The van der Waals surface area contributed by atoms with E-state index in [4.69, 9.17) is 9.47 Å². The van der Waals surface area contributed by atoms with E-state index in [2.05, 4.69) is 10.3 Å². The highest BCUT2D eigenvalue weighted by Crippen LogP contribution is 2.22. The number of hydrogen-bond donors (Lipinski definition) is 1. The van der Waals surface area contributed by atoms with Crippen molar-refractivity contribution < 1.29 is 19.1 Å². The van der Waals surface area contributed by atoms with E-state index in [1.165, 1.54) is 0 Å². The van der Waals surface area contributed by atoms with E-state index in [1.54, 1.807) is 47.4 Å². The number of rotatable bonds is 6. The Balaban J connectivity index is 1.29. The Hall–Kier alpha value is -4.17. The minimum absolute atomic E-state index is 0.0733. The van der Waals surface area contributed by atoms with Gasteiger partial charge in [0.1, 0.15) is 18.0 Å². The van der Waals surface area contributed by atoms with Crippen molar-refractivity contribution in [2.24, 2.45) is 0 Å². The molecule has 8 nitrogen and oxygen atoms in total. The smallest absolute Gasteiger partial charge is 0.259 e. The Morgan fingerprint density at radius 1 is 1.06 bits per heavy atom. The standard InChI is InChI=1S/C27H26N4O4/c1-19-6-5-11-31-17-22(28-25(19)31)18-35-24-10-3-2-9-23(24)26(32)29-21-8-4-7-20(16-21)27(33)30-12-14-34-15-13-30/h2-11,16-17H,12-15,18H2,1H3,(H,29,32). The fourth-order valence-corrected chi connectivity index (χ4v) is 4.08. The molecule has 0 saturated carbocycles. The fraction of sp³-hybridized carbons (Fsp3) is 0.222. The lowest BCUT2D eigenvalue weighted by Crippen LogP contribution is -2.40. The largest absolute Gasteiger partial charge is 0.486 e. The number of ether oxygens (including phenoxy) is 2. The summed E-state index contributed by atoms with van der Waals surface area (Å²) in [5.74, 6) is 0.0672. The molecule has 2 aromatic carbocycles. The van der Waals surface area contributed by atoms with E-state index in [1.807, 2.05) is 41.9 Å². The average Bonchev–Trinajstić information content (AvgIpc) is 3.32. The van der Waals surface area contributed by atoms with Gasteiger partial charge in [0.2, 0.25) is 0 Å². The van der Waals surface area contributed by atoms with Crippen LogP contribution in [-0.4, -0.2) is 52.4 Å². The molecule has 1 fully saturated rings. The van der Waals surface area contributed by atoms with Crippen LogP contribution < -0.4 is 10.1 Å². The zero-order valence-electron chi connectivity index (χ0n) is 19.4. The van der Waals surface area contributed by atoms with E-state index >= 15 is 0 Å². The number of carbonyl (C=O) groups is 2. The predicted molar refractivity (Wildman–Crippen MR) is 132 cm³/mol. The summed E-state index contributed by atoms with van der Waals surface area (Å²) in [6, 6.07) is 18.0. The number of nitrogens with zero attached hydrogens (tertiary/aromatic N) is 3. The van der Waals surface area contributed by atoms with Gasteiger partial charge in [0.15, 0.2) is 0 Å². The van der Waals surface area contributed by atoms with Crippen LogP contribution in [0.4, 0.5) is 5.69 Å². The summed E-state index contributed by atoms with van der Waals surface area (Å²) >= 11 is 0. The van der Waals surface area contributed by atoms with Crippen LogP contribution >= 0.6 is 0 Å². The molecule has 0 bridgehead atoms. The second-order valence-electron chi connectivity index (χ2n) is 8.38. The molecule has 0 radical (unpaired) electrons. The molecular weight excluding hydrogens is 444 g/mol. The van der Waals surface area contributed by atoms with E-state index < -0.39 is 0 Å². The summed E-state index contributed by atoms with van der Waals surface area (Å²) in [6.07, 6.45) is 3.86. The molecule has 0 aliphatic carbocycles. The topological polar surface area (TPSA) is 85.2 Å². The van der Waals surface area contributed by atoms with Crippen LogP contribution in [0.2, 0.25) is 0 Å². The summed E-state index contributed by atoms with van der Waals surface area (Å²) < 4.78 is 13.3. The Kier molecular flexibility index (Phi) is 6.45. The average molecular weight is 471 g/mol. The minimum Gasteiger partial charge on any atom is -0.486 e. The number of aryl methyl sites for hydroxylation is 1. The molecule has 0 unspecified atom stereocenters. The van der Waals surface area contributed by atoms with Gasteiger partial charge in [-0.15, -0.1) is 0 Å². The number of nitrogens with one attached hydrogen (secondary N) is 1. The third-order valence-corrected chi connectivity index (χ3v) is 5.90. The molecular formula is C27H26N4O4. The first-order valence-corrected chi connectivity index (χ1v) is 11.5. The molecule has 4 aromatic rings. The number of morpholine rings is 1. The van der Waals surface area contributed by atoms with Gasteiger partial charge in [-0.3, -0.25) is 9.59 Å². The van der Waals surface area contributed by atoms with Gasteiger partial charge >= 0.3 is 0 Å². The van der Waals surface area contributed by atoms with Gasteiger partial charge < -0.3 is 24.1 Å². The maximum absolute atomic E-state index is 13.1. The number of anilines is 1. The van der Waals surface area contributed by atoms with E-state index in [0.29, 0.717) is 48.9 Å². The van der Waals surface area contributed by atoms with Crippen LogP contribution in [0.3, 0.4) is 0 Å². The number of imidazole rings is 1. The van der Waals surface area contributed by atoms with Crippen LogP contribution in [0.15, 0.2) is 73.1 Å². The third kappa shape index (κ3) is 5.02. The van der Waals surface area contributed by atoms with E-state index in [9.17, 15) is 9.59 Å². The molecule has 0 spiro atoms. The first-order chi connectivity index (χ1) is 17.1. The lowest BCUT2D eigenvalue weighted by atomic mass is 10.1. The lowest BCUT2D eigenvalue weighted by molar-refractivity contribution is 0.0303. The third-order valence-electron chi connectivity index (χ3n) is 5.90. The van der Waals surface area contributed by atoms with Gasteiger partial charge in [-0.25, -0.2) is 4.98 Å². The monoisotopic (exact) mass is 470 g/mol. The highest BCUT2D eigenvalue weighted by molar-refractivity contribution is 6.06. The Bertz CT molecular complexity index is 1370. The highest BCUT2D eigenvalue weighted by Gasteiger charge is 2.19. The highest BCUT2D eigenvalue weighted by atomic mass is 16.5. The molecule has 1 aliphatic rings. The molecule has 2 amide bonds. The predicted octanol–water partition coefficient (Wildman–Crippen LogP) is 3.95. The SMILES string of the molecule is Cc1cccn2cc(COc3ccccc3C(=O)Nc3cccc(C(=O)N4CCOCC4)c3)nc12. The number of carbonyl (C=O) groups excluding carboxylic acids is 2. The molecule has 2 aromatic heterocycles. The number of hydrogen-bond acceptors (Lipinski definition) is 5. The molecule has 5 rings (SSSR count). The minimum atomic E-state index is -0.317. The van der Waals surface area contributed by atoms with Gasteiger partial charge in [-0.1, -0.05) is 24.3 Å². The molecule has 1 saturated heterocycles. The number of aromatic nitrogens is 2. The van der Waals surface area contributed by atoms with Gasteiger partial charge in [-0.05, 0) is 48.9 Å². The van der Waals surface area contributed by atoms with Crippen LogP contribution in [0.5, 0.6) is 5.75 Å². The van der Waals surface area contributed by atoms with Crippen LogP contribution in [0.25, 0.3) is 5.65 Å². The van der Waals surface area contributed by atoms with Crippen molar-refractivity contribution in [3.8, 4) is 5.75 Å². The molecule has 0 atom stereocenters. The Labute approximate surface area is 203 Å². The molecule has 35 heavy (non-hydrogen) atoms. The first-order valence-electron chi connectivity index (χ1n) is 11.5. The fourth-order valence-electron chi connectivity index (χ4n) is 4.08. The van der Waals surface area contributed by atoms with Crippen molar-refractivity contribution in [1.82, 2.24) is 14.3 Å². The summed E-state index contributed by atoms with van der Waals surface area (Å²) in [5.41, 5.74) is 4.19. The summed E-state index contributed by atoms with van der Waals surface area (Å²) in [4.78, 5) is 32.3. The van der Waals surface area contributed by atoms with Crippen LogP contribution in [-0.2, 0) is 11.3 Å². The van der Waals surface area contributed by atoms with Crippen molar-refractivity contribution in [3.05, 3.63) is 95.4 Å². The quantitative estimate of drug-likeness (QED) is 0.461. The zero-order chi connectivity index (χ0) is 24.2. The number of fused-ring (bicyclic) bond motifs is 1. The number of benzene rings is 2. The van der Waals surface area contributed by atoms with Gasteiger partial charge in [0.05, 0.1) is 24.5 Å². The van der Waals surface area contributed by atoms with E-state index in [-0.39, 0.29) is 18.4 Å². The first kappa shape index (κ1) is 22.6. The molecule has 1 N–H and O–H groups in total. The second kappa shape index (κ2) is 9.99. The second-order valence-corrected chi connectivity index (χ2v) is 8.38. The lowest BCUT2D eigenvalue weighted by Gasteiger charge is -2.27. The maximum Gasteiger partial charge on any atom is 0.259 e. The number of amides is 2. The van der Waals surface area contributed by atoms with Crippen molar-refractivity contribution in [3.63, 3.8) is 0 Å². The summed E-state index contributed by atoms with van der Waals surface area (Å²) in [6.45, 7) is 4.43. The molecule has 178 valence electrons. The van der Waals surface area contributed by atoms with Gasteiger partial charge in [0, 0.05) is 36.7 Å². The summed E-state index contributed by atoms with van der Waals surface area (Å²) in [7, 11) is 0. The normalized spacial score (nSPS) is 13.6.